The molecule has 0 spiro atoms. The molecule has 2 unspecified atom stereocenters. The van der Waals surface area contributed by atoms with E-state index >= 15 is 0 Å². The van der Waals surface area contributed by atoms with Gasteiger partial charge in [-0.1, -0.05) is 26.0 Å². The summed E-state index contributed by atoms with van der Waals surface area (Å²) in [7, 11) is 0. The van der Waals surface area contributed by atoms with Crippen molar-refractivity contribution in [2.24, 2.45) is 17.1 Å². The predicted molar refractivity (Wildman–Crippen MR) is 83.0 cm³/mol. The minimum atomic E-state index is -0.217. The average Bonchev–Trinajstić information content (AvgIpc) is 3.18. The molecule has 5 heteroatoms. The van der Waals surface area contributed by atoms with Crippen LogP contribution in [0.1, 0.15) is 37.0 Å². The van der Waals surface area contributed by atoms with Gasteiger partial charge < -0.3 is 16.4 Å². The van der Waals surface area contributed by atoms with Crippen molar-refractivity contribution in [1.29, 1.82) is 0 Å². The van der Waals surface area contributed by atoms with Crippen LogP contribution in [0.2, 0.25) is 0 Å². The van der Waals surface area contributed by atoms with Crippen molar-refractivity contribution in [3.8, 4) is 0 Å². The third-order valence-electron chi connectivity index (χ3n) is 4.34. The summed E-state index contributed by atoms with van der Waals surface area (Å²) in [5.74, 6) is -0.175. The Hall–Kier alpha value is -1.88. The van der Waals surface area contributed by atoms with Crippen molar-refractivity contribution in [2.45, 2.75) is 26.7 Å². The van der Waals surface area contributed by atoms with E-state index in [2.05, 4.69) is 24.5 Å². The highest BCUT2D eigenvalue weighted by Gasteiger charge is 2.52. The summed E-state index contributed by atoms with van der Waals surface area (Å²) in [6.07, 6.45) is 1.90. The van der Waals surface area contributed by atoms with Crippen molar-refractivity contribution in [3.63, 3.8) is 0 Å². The molecule has 5 nitrogen and oxygen atoms in total. The minimum absolute atomic E-state index is 0.00146. The smallest absolute Gasteiger partial charge is 0.253 e. The molecule has 0 heterocycles. The predicted octanol–water partition coefficient (Wildman–Crippen LogP) is 1.75. The van der Waals surface area contributed by atoms with Crippen molar-refractivity contribution >= 4 is 17.5 Å². The van der Waals surface area contributed by atoms with Gasteiger partial charge in [-0.2, -0.15) is 0 Å². The normalized spacial score (nSPS) is 23.5. The van der Waals surface area contributed by atoms with Crippen LogP contribution in [0.3, 0.4) is 0 Å². The minimum Gasteiger partial charge on any atom is -0.351 e. The van der Waals surface area contributed by atoms with Gasteiger partial charge in [0, 0.05) is 19.0 Å². The topological polar surface area (TPSA) is 84.2 Å². The number of para-hydroxylation sites is 1. The van der Waals surface area contributed by atoms with Gasteiger partial charge in [-0.15, -0.1) is 0 Å². The standard InChI is InChI=1S/C16H23N3O2/c1-3-16(2)10-12(16)15(21)19-13-7-5-4-6-11(13)14(20)18-9-8-17/h4-7,12H,3,8-10,17H2,1-2H3,(H,18,20)(H,19,21). The first-order valence-corrected chi connectivity index (χ1v) is 7.40. The van der Waals surface area contributed by atoms with E-state index in [9.17, 15) is 9.59 Å². The fourth-order valence-electron chi connectivity index (χ4n) is 2.50. The Kier molecular flexibility index (Phi) is 4.63. The Balaban J connectivity index is 2.07. The molecule has 0 bridgehead atoms. The Morgan fingerprint density at radius 3 is 2.71 bits per heavy atom. The number of carbonyl (C=O) groups excluding carboxylic acids is 2. The number of rotatable bonds is 6. The van der Waals surface area contributed by atoms with E-state index in [1.807, 2.05) is 0 Å². The monoisotopic (exact) mass is 289 g/mol. The molecule has 2 amide bonds. The van der Waals surface area contributed by atoms with Crippen molar-refractivity contribution < 1.29 is 9.59 Å². The molecule has 0 aromatic heterocycles. The molecule has 0 saturated heterocycles. The molecule has 2 rings (SSSR count). The number of anilines is 1. The zero-order chi connectivity index (χ0) is 15.5. The number of hydrogen-bond donors (Lipinski definition) is 3. The fraction of sp³-hybridized carbons (Fsp3) is 0.500. The van der Waals surface area contributed by atoms with E-state index in [-0.39, 0.29) is 23.1 Å². The molecule has 0 aliphatic heterocycles. The average molecular weight is 289 g/mol. The van der Waals surface area contributed by atoms with Crippen LogP contribution in [-0.2, 0) is 4.79 Å². The van der Waals surface area contributed by atoms with Crippen LogP contribution in [0.4, 0.5) is 5.69 Å². The lowest BCUT2D eigenvalue weighted by Gasteiger charge is -2.12. The Morgan fingerprint density at radius 2 is 2.10 bits per heavy atom. The zero-order valence-electron chi connectivity index (χ0n) is 12.6. The molecule has 1 aliphatic rings. The van der Waals surface area contributed by atoms with Gasteiger partial charge in [-0.25, -0.2) is 0 Å². The van der Waals surface area contributed by atoms with E-state index in [0.717, 1.165) is 12.8 Å². The van der Waals surface area contributed by atoms with Crippen LogP contribution in [0.15, 0.2) is 24.3 Å². The van der Waals surface area contributed by atoms with Crippen LogP contribution < -0.4 is 16.4 Å². The molecular weight excluding hydrogens is 266 g/mol. The van der Waals surface area contributed by atoms with Gasteiger partial charge in [0.15, 0.2) is 0 Å². The van der Waals surface area contributed by atoms with E-state index in [4.69, 9.17) is 5.73 Å². The van der Waals surface area contributed by atoms with E-state index in [1.165, 1.54) is 0 Å². The van der Waals surface area contributed by atoms with Crippen molar-refractivity contribution in [3.05, 3.63) is 29.8 Å². The maximum absolute atomic E-state index is 12.3. The highest BCUT2D eigenvalue weighted by Crippen LogP contribution is 2.55. The van der Waals surface area contributed by atoms with Crippen LogP contribution >= 0.6 is 0 Å². The third-order valence-corrected chi connectivity index (χ3v) is 4.34. The van der Waals surface area contributed by atoms with Crippen LogP contribution in [-0.4, -0.2) is 24.9 Å². The summed E-state index contributed by atoms with van der Waals surface area (Å²) < 4.78 is 0. The summed E-state index contributed by atoms with van der Waals surface area (Å²) >= 11 is 0. The summed E-state index contributed by atoms with van der Waals surface area (Å²) in [5, 5.41) is 5.61. The molecule has 21 heavy (non-hydrogen) atoms. The maximum atomic E-state index is 12.3. The van der Waals surface area contributed by atoms with Gasteiger partial charge in [0.1, 0.15) is 0 Å². The first kappa shape index (κ1) is 15.5. The molecule has 114 valence electrons. The second-order valence-electron chi connectivity index (χ2n) is 5.84. The molecule has 1 aliphatic carbocycles. The summed E-state index contributed by atoms with van der Waals surface area (Å²) in [5.41, 5.74) is 6.52. The van der Waals surface area contributed by atoms with Gasteiger partial charge in [0.25, 0.3) is 5.91 Å². The maximum Gasteiger partial charge on any atom is 0.253 e. The highest BCUT2D eigenvalue weighted by atomic mass is 16.2. The van der Waals surface area contributed by atoms with Crippen molar-refractivity contribution in [2.75, 3.05) is 18.4 Å². The summed E-state index contributed by atoms with van der Waals surface area (Å²) in [4.78, 5) is 24.3. The zero-order valence-corrected chi connectivity index (χ0v) is 12.6. The summed E-state index contributed by atoms with van der Waals surface area (Å²) in [6, 6.07) is 7.04. The number of amides is 2. The lowest BCUT2D eigenvalue weighted by atomic mass is 10.0. The highest BCUT2D eigenvalue weighted by molar-refractivity contribution is 6.04. The van der Waals surface area contributed by atoms with Gasteiger partial charge in [-0.05, 0) is 30.4 Å². The molecule has 1 fully saturated rings. The van der Waals surface area contributed by atoms with Gasteiger partial charge in [0.2, 0.25) is 5.91 Å². The third kappa shape index (κ3) is 3.42. The first-order chi connectivity index (χ1) is 10.0. The van der Waals surface area contributed by atoms with Gasteiger partial charge in [0.05, 0.1) is 11.3 Å². The van der Waals surface area contributed by atoms with E-state index in [0.29, 0.717) is 24.3 Å². The molecule has 0 radical (unpaired) electrons. The second kappa shape index (κ2) is 6.26. The molecule has 4 N–H and O–H groups in total. The van der Waals surface area contributed by atoms with E-state index in [1.54, 1.807) is 24.3 Å². The largest absolute Gasteiger partial charge is 0.351 e. The Morgan fingerprint density at radius 1 is 1.38 bits per heavy atom. The molecule has 1 aromatic carbocycles. The molecule has 1 aromatic rings. The SMILES string of the molecule is CCC1(C)CC1C(=O)Nc1ccccc1C(=O)NCCN. The lowest BCUT2D eigenvalue weighted by Crippen LogP contribution is -2.30. The van der Waals surface area contributed by atoms with Gasteiger partial charge >= 0.3 is 0 Å². The molecule has 2 atom stereocenters. The van der Waals surface area contributed by atoms with Gasteiger partial charge in [-0.3, -0.25) is 9.59 Å². The van der Waals surface area contributed by atoms with Crippen LogP contribution in [0, 0.1) is 11.3 Å². The lowest BCUT2D eigenvalue weighted by molar-refractivity contribution is -0.118. The Bertz CT molecular complexity index is 544. The summed E-state index contributed by atoms with van der Waals surface area (Å²) in [6.45, 7) is 5.02. The number of carbonyl (C=O) groups is 2. The quantitative estimate of drug-likeness (QED) is 0.746. The number of nitrogens with two attached hydrogens (primary N) is 1. The fourth-order valence-corrected chi connectivity index (χ4v) is 2.50. The first-order valence-electron chi connectivity index (χ1n) is 7.40. The van der Waals surface area contributed by atoms with E-state index < -0.39 is 0 Å². The number of benzene rings is 1. The van der Waals surface area contributed by atoms with Crippen molar-refractivity contribution in [1.82, 2.24) is 5.32 Å². The number of nitrogens with one attached hydrogen (secondary N) is 2. The Labute approximate surface area is 125 Å². The second-order valence-corrected chi connectivity index (χ2v) is 5.84. The van der Waals surface area contributed by atoms with Crippen LogP contribution in [0.5, 0.6) is 0 Å². The number of hydrogen-bond acceptors (Lipinski definition) is 3. The molecule has 1 saturated carbocycles. The van der Waals surface area contributed by atoms with Crippen LogP contribution in [0.25, 0.3) is 0 Å². The molecular formula is C16H23N3O2.